The van der Waals surface area contributed by atoms with Crippen LogP contribution in [0.1, 0.15) is 29.4 Å². The molecule has 1 nitrogen and oxygen atoms in total. The molecule has 0 N–H and O–H groups in total. The van der Waals surface area contributed by atoms with E-state index >= 15 is 0 Å². The highest BCUT2D eigenvalue weighted by Gasteiger charge is 2.05. The number of hydrogen-bond acceptors (Lipinski definition) is 2. The van der Waals surface area contributed by atoms with Gasteiger partial charge in [0.2, 0.25) is 0 Å². The SMILES string of the molecule is CCCC(=O)c1cc(Br)cs1. The summed E-state index contributed by atoms with van der Waals surface area (Å²) >= 11 is 4.81. The van der Waals surface area contributed by atoms with Crippen molar-refractivity contribution in [2.24, 2.45) is 0 Å². The van der Waals surface area contributed by atoms with Gasteiger partial charge in [-0.25, -0.2) is 0 Å². The van der Waals surface area contributed by atoms with Crippen molar-refractivity contribution in [3.63, 3.8) is 0 Å². The summed E-state index contributed by atoms with van der Waals surface area (Å²) in [6, 6.07) is 1.88. The molecule has 3 heteroatoms. The van der Waals surface area contributed by atoms with Gasteiger partial charge in [0.05, 0.1) is 4.88 Å². The molecule has 11 heavy (non-hydrogen) atoms. The van der Waals surface area contributed by atoms with E-state index in [1.165, 1.54) is 11.3 Å². The zero-order valence-electron chi connectivity index (χ0n) is 6.26. The lowest BCUT2D eigenvalue weighted by atomic mass is 10.2. The van der Waals surface area contributed by atoms with Gasteiger partial charge >= 0.3 is 0 Å². The highest BCUT2D eigenvalue weighted by atomic mass is 79.9. The summed E-state index contributed by atoms with van der Waals surface area (Å²) in [5.41, 5.74) is 0. The lowest BCUT2D eigenvalue weighted by Gasteiger charge is -1.90. The Hall–Kier alpha value is -0.150. The van der Waals surface area contributed by atoms with Gasteiger partial charge in [0.15, 0.2) is 5.78 Å². The van der Waals surface area contributed by atoms with Crippen LogP contribution in [-0.2, 0) is 0 Å². The first-order chi connectivity index (χ1) is 5.24. The van der Waals surface area contributed by atoms with Crippen LogP contribution in [0.25, 0.3) is 0 Å². The third-order valence-electron chi connectivity index (χ3n) is 1.32. The fraction of sp³-hybridized carbons (Fsp3) is 0.375. The molecule has 1 aromatic heterocycles. The molecule has 0 unspecified atom stereocenters. The van der Waals surface area contributed by atoms with Gasteiger partial charge in [0.1, 0.15) is 0 Å². The molecule has 0 aliphatic heterocycles. The van der Waals surface area contributed by atoms with Crippen LogP contribution in [0.15, 0.2) is 15.9 Å². The average Bonchev–Trinajstić information content (AvgIpc) is 2.36. The average molecular weight is 233 g/mol. The van der Waals surface area contributed by atoms with E-state index in [1.54, 1.807) is 0 Å². The van der Waals surface area contributed by atoms with Gasteiger partial charge in [-0.1, -0.05) is 6.92 Å². The molecule has 1 heterocycles. The standard InChI is InChI=1S/C8H9BrOS/c1-2-3-7(10)8-4-6(9)5-11-8/h4-5H,2-3H2,1H3. The third kappa shape index (κ3) is 2.42. The topological polar surface area (TPSA) is 17.1 Å². The summed E-state index contributed by atoms with van der Waals surface area (Å²) in [7, 11) is 0. The van der Waals surface area contributed by atoms with Crippen molar-refractivity contribution >= 4 is 33.0 Å². The maximum atomic E-state index is 11.2. The van der Waals surface area contributed by atoms with E-state index in [2.05, 4.69) is 15.9 Å². The molecule has 0 aromatic carbocycles. The van der Waals surface area contributed by atoms with Crippen molar-refractivity contribution in [3.8, 4) is 0 Å². The van der Waals surface area contributed by atoms with Crippen LogP contribution in [0.3, 0.4) is 0 Å². The van der Waals surface area contributed by atoms with Crippen molar-refractivity contribution < 1.29 is 4.79 Å². The van der Waals surface area contributed by atoms with Crippen LogP contribution < -0.4 is 0 Å². The van der Waals surface area contributed by atoms with Gasteiger partial charge in [-0.2, -0.15) is 0 Å². The third-order valence-corrected chi connectivity index (χ3v) is 3.05. The first kappa shape index (κ1) is 8.94. The Bertz CT molecular complexity index is 254. The summed E-state index contributed by atoms with van der Waals surface area (Å²) in [5.74, 6) is 0.253. The zero-order valence-corrected chi connectivity index (χ0v) is 8.67. The second-order valence-corrected chi connectivity index (χ2v) is 4.13. The van der Waals surface area contributed by atoms with E-state index in [9.17, 15) is 4.79 Å². The quantitative estimate of drug-likeness (QED) is 0.730. The molecule has 0 spiro atoms. The largest absolute Gasteiger partial charge is 0.293 e. The Morgan fingerprint density at radius 1 is 1.73 bits per heavy atom. The molecular weight excluding hydrogens is 224 g/mol. The molecule has 1 aromatic rings. The van der Waals surface area contributed by atoms with E-state index in [0.29, 0.717) is 6.42 Å². The fourth-order valence-electron chi connectivity index (χ4n) is 0.810. The Labute approximate surface area is 78.6 Å². The molecule has 0 aliphatic rings. The molecule has 0 amide bonds. The van der Waals surface area contributed by atoms with E-state index in [-0.39, 0.29) is 5.78 Å². The van der Waals surface area contributed by atoms with Crippen molar-refractivity contribution in [2.75, 3.05) is 0 Å². The first-order valence-corrected chi connectivity index (χ1v) is 5.18. The van der Waals surface area contributed by atoms with Gasteiger partial charge in [0.25, 0.3) is 0 Å². The minimum atomic E-state index is 0.253. The predicted octanol–water partition coefficient (Wildman–Crippen LogP) is 3.49. The highest BCUT2D eigenvalue weighted by molar-refractivity contribution is 9.10. The first-order valence-electron chi connectivity index (χ1n) is 3.51. The van der Waals surface area contributed by atoms with Crippen molar-refractivity contribution in [1.82, 2.24) is 0 Å². The van der Waals surface area contributed by atoms with Crippen LogP contribution in [0.2, 0.25) is 0 Å². The van der Waals surface area contributed by atoms with Crippen molar-refractivity contribution in [3.05, 3.63) is 20.8 Å². The predicted molar refractivity (Wildman–Crippen MR) is 51.3 cm³/mol. The number of rotatable bonds is 3. The molecule has 0 saturated heterocycles. The number of halogens is 1. The second kappa shape index (κ2) is 4.02. The number of Topliss-reactive ketones (excluding diaryl/α,β-unsaturated/α-hetero) is 1. The highest BCUT2D eigenvalue weighted by Crippen LogP contribution is 2.21. The fourth-order valence-corrected chi connectivity index (χ4v) is 2.21. The van der Waals surface area contributed by atoms with Gasteiger partial charge in [0, 0.05) is 16.3 Å². The van der Waals surface area contributed by atoms with Gasteiger partial charge < -0.3 is 0 Å². The lowest BCUT2D eigenvalue weighted by molar-refractivity contribution is 0.0985. The summed E-state index contributed by atoms with van der Waals surface area (Å²) in [4.78, 5) is 12.1. The number of hydrogen-bond donors (Lipinski definition) is 0. The van der Waals surface area contributed by atoms with Crippen LogP contribution in [0, 0.1) is 0 Å². The zero-order chi connectivity index (χ0) is 8.27. The maximum absolute atomic E-state index is 11.2. The van der Waals surface area contributed by atoms with Crippen LogP contribution >= 0.6 is 27.3 Å². The van der Waals surface area contributed by atoms with Gasteiger partial charge in [-0.3, -0.25) is 4.79 Å². The Morgan fingerprint density at radius 3 is 2.91 bits per heavy atom. The van der Waals surface area contributed by atoms with E-state index in [0.717, 1.165) is 15.8 Å². The summed E-state index contributed by atoms with van der Waals surface area (Å²) in [5, 5.41) is 1.93. The lowest BCUT2D eigenvalue weighted by Crippen LogP contribution is -1.93. The van der Waals surface area contributed by atoms with E-state index in [1.807, 2.05) is 18.4 Å². The number of ketones is 1. The molecule has 1 rings (SSSR count). The Morgan fingerprint density at radius 2 is 2.45 bits per heavy atom. The molecule has 0 fully saturated rings. The van der Waals surface area contributed by atoms with Crippen molar-refractivity contribution in [2.45, 2.75) is 19.8 Å². The van der Waals surface area contributed by atoms with Crippen molar-refractivity contribution in [1.29, 1.82) is 0 Å². The van der Waals surface area contributed by atoms with Gasteiger partial charge in [-0.05, 0) is 28.4 Å². The van der Waals surface area contributed by atoms with Crippen LogP contribution in [0.4, 0.5) is 0 Å². The number of thiophene rings is 1. The van der Waals surface area contributed by atoms with E-state index in [4.69, 9.17) is 0 Å². The molecule has 0 saturated carbocycles. The monoisotopic (exact) mass is 232 g/mol. The maximum Gasteiger partial charge on any atom is 0.172 e. The molecule has 0 radical (unpaired) electrons. The Kier molecular flexibility index (Phi) is 3.27. The summed E-state index contributed by atoms with van der Waals surface area (Å²) in [6.45, 7) is 2.01. The molecule has 60 valence electrons. The number of carbonyl (C=O) groups is 1. The smallest absolute Gasteiger partial charge is 0.172 e. The molecule has 0 bridgehead atoms. The summed E-state index contributed by atoms with van der Waals surface area (Å²) in [6.07, 6.45) is 1.58. The van der Waals surface area contributed by atoms with Crippen LogP contribution in [0.5, 0.6) is 0 Å². The summed E-state index contributed by atoms with van der Waals surface area (Å²) < 4.78 is 1.00. The molecular formula is C8H9BrOS. The second-order valence-electron chi connectivity index (χ2n) is 2.30. The minimum absolute atomic E-state index is 0.253. The van der Waals surface area contributed by atoms with E-state index < -0.39 is 0 Å². The molecule has 0 aliphatic carbocycles. The molecule has 0 atom stereocenters. The van der Waals surface area contributed by atoms with Gasteiger partial charge in [-0.15, -0.1) is 11.3 Å². The number of carbonyl (C=O) groups excluding carboxylic acids is 1. The normalized spacial score (nSPS) is 10.0. The van der Waals surface area contributed by atoms with Crippen LogP contribution in [-0.4, -0.2) is 5.78 Å². The minimum Gasteiger partial charge on any atom is -0.293 e. The Balaban J connectivity index is 2.69.